The lowest BCUT2D eigenvalue weighted by Gasteiger charge is -2.32. The molecule has 144 valence electrons. The smallest absolute Gasteiger partial charge is 0.233 e. The van der Waals surface area contributed by atoms with Crippen LogP contribution in [0.4, 0.5) is 4.39 Å². The van der Waals surface area contributed by atoms with E-state index in [1.165, 1.54) is 6.07 Å². The third-order valence-corrected chi connectivity index (χ3v) is 4.97. The lowest BCUT2D eigenvalue weighted by Crippen LogP contribution is -2.50. The fraction of sp³-hybridized carbons (Fsp3) is 0.556. The molecule has 0 aromatic heterocycles. The first-order chi connectivity index (χ1) is 12.5. The number of likely N-dealkylation sites (N-methyl/N-ethyl adjacent to an activating group) is 1. The van der Waals surface area contributed by atoms with Gasteiger partial charge in [0.2, 0.25) is 5.91 Å². The maximum Gasteiger partial charge on any atom is 0.233 e. The third-order valence-electron chi connectivity index (χ3n) is 4.32. The molecule has 1 heterocycles. The van der Waals surface area contributed by atoms with Crippen LogP contribution < -0.4 is 16.0 Å². The fourth-order valence-electron chi connectivity index (χ4n) is 2.84. The number of benzene rings is 1. The number of rotatable bonds is 6. The number of carbonyl (C=O) groups is 1. The molecule has 1 aromatic rings. The maximum absolute atomic E-state index is 13.6. The van der Waals surface area contributed by atoms with Gasteiger partial charge in [-0.3, -0.25) is 9.69 Å². The van der Waals surface area contributed by atoms with Crippen LogP contribution in [0.25, 0.3) is 0 Å². The molecule has 3 N–H and O–H groups in total. The van der Waals surface area contributed by atoms with E-state index >= 15 is 0 Å². The van der Waals surface area contributed by atoms with Gasteiger partial charge < -0.3 is 16.0 Å². The van der Waals surface area contributed by atoms with E-state index in [2.05, 4.69) is 41.8 Å². The first-order valence-corrected chi connectivity index (χ1v) is 9.72. The minimum absolute atomic E-state index is 0.0491. The number of piperidine rings is 1. The minimum Gasteiger partial charge on any atom is -0.358 e. The molecule has 1 aromatic carbocycles. The number of hydrogen-bond donors (Lipinski definition) is 3. The van der Waals surface area contributed by atoms with E-state index in [1.54, 1.807) is 13.1 Å². The highest BCUT2D eigenvalue weighted by atomic mass is 79.9. The number of aliphatic imine (C=N–C) groups is 1. The molecule has 0 radical (unpaired) electrons. The summed E-state index contributed by atoms with van der Waals surface area (Å²) in [7, 11) is 1.66. The Morgan fingerprint density at radius 1 is 1.38 bits per heavy atom. The number of hydrogen-bond acceptors (Lipinski definition) is 3. The Hall–Kier alpha value is -1.67. The maximum atomic E-state index is 13.6. The second kappa shape index (κ2) is 10.5. The Kier molecular flexibility index (Phi) is 8.31. The Bertz CT molecular complexity index is 632. The van der Waals surface area contributed by atoms with E-state index in [1.807, 2.05) is 13.0 Å². The number of nitrogens with one attached hydrogen (secondary N) is 3. The average Bonchev–Trinajstić information content (AvgIpc) is 2.64. The van der Waals surface area contributed by atoms with E-state index in [4.69, 9.17) is 0 Å². The molecule has 1 fully saturated rings. The van der Waals surface area contributed by atoms with Crippen LogP contribution in [0.5, 0.6) is 0 Å². The molecule has 1 aliphatic heterocycles. The lowest BCUT2D eigenvalue weighted by molar-refractivity contribution is -0.122. The van der Waals surface area contributed by atoms with Crippen LogP contribution in [0.3, 0.4) is 0 Å². The van der Waals surface area contributed by atoms with Gasteiger partial charge in [0.1, 0.15) is 5.82 Å². The summed E-state index contributed by atoms with van der Waals surface area (Å²) in [4.78, 5) is 18.2. The lowest BCUT2D eigenvalue weighted by atomic mass is 10.1. The topological polar surface area (TPSA) is 68.8 Å². The van der Waals surface area contributed by atoms with Crippen LogP contribution in [0.2, 0.25) is 0 Å². The SMILES string of the molecule is CCNC(=NCc1ccc(Br)c(F)c1)NC1CCN(CC(=O)NC)CC1. The van der Waals surface area contributed by atoms with Crippen molar-refractivity contribution < 1.29 is 9.18 Å². The molecule has 1 amide bonds. The van der Waals surface area contributed by atoms with Crippen molar-refractivity contribution in [3.05, 3.63) is 34.1 Å². The van der Waals surface area contributed by atoms with Crippen molar-refractivity contribution in [3.63, 3.8) is 0 Å². The molecule has 0 spiro atoms. The molecule has 26 heavy (non-hydrogen) atoms. The van der Waals surface area contributed by atoms with E-state index in [9.17, 15) is 9.18 Å². The zero-order valence-corrected chi connectivity index (χ0v) is 16.9. The molecule has 0 unspecified atom stereocenters. The molecule has 1 aliphatic rings. The molecule has 6 nitrogen and oxygen atoms in total. The van der Waals surface area contributed by atoms with Gasteiger partial charge in [0, 0.05) is 32.7 Å². The number of amides is 1. The van der Waals surface area contributed by atoms with Gasteiger partial charge in [-0.1, -0.05) is 6.07 Å². The molecule has 8 heteroatoms. The molecule has 1 saturated heterocycles. The van der Waals surface area contributed by atoms with E-state index in [0.29, 0.717) is 23.6 Å². The van der Waals surface area contributed by atoms with Gasteiger partial charge in [-0.05, 0) is 53.4 Å². The van der Waals surface area contributed by atoms with Crippen molar-refractivity contribution in [1.29, 1.82) is 0 Å². The largest absolute Gasteiger partial charge is 0.358 e. The molecular formula is C18H27BrFN5O. The summed E-state index contributed by atoms with van der Waals surface area (Å²) < 4.78 is 14.1. The monoisotopic (exact) mass is 427 g/mol. The highest BCUT2D eigenvalue weighted by Gasteiger charge is 2.21. The molecule has 0 bridgehead atoms. The van der Waals surface area contributed by atoms with Crippen molar-refractivity contribution in [2.45, 2.75) is 32.4 Å². The highest BCUT2D eigenvalue weighted by Crippen LogP contribution is 2.17. The molecule has 2 rings (SSSR count). The van der Waals surface area contributed by atoms with Crippen molar-refractivity contribution in [1.82, 2.24) is 20.9 Å². The fourth-order valence-corrected chi connectivity index (χ4v) is 3.09. The normalized spacial score (nSPS) is 16.4. The zero-order valence-electron chi connectivity index (χ0n) is 15.3. The van der Waals surface area contributed by atoms with E-state index in [0.717, 1.165) is 44.0 Å². The van der Waals surface area contributed by atoms with E-state index in [-0.39, 0.29) is 11.7 Å². The molecular weight excluding hydrogens is 401 g/mol. The summed E-state index contributed by atoms with van der Waals surface area (Å²) in [6, 6.07) is 5.37. The Morgan fingerprint density at radius 3 is 2.73 bits per heavy atom. The molecule has 0 aliphatic carbocycles. The summed E-state index contributed by atoms with van der Waals surface area (Å²) in [6.07, 6.45) is 1.91. The number of halogens is 2. The second-order valence-corrected chi connectivity index (χ2v) is 7.17. The number of likely N-dealkylation sites (tertiary alicyclic amines) is 1. The summed E-state index contributed by atoms with van der Waals surface area (Å²) in [6.45, 7) is 5.39. The van der Waals surface area contributed by atoms with Gasteiger partial charge in [-0.25, -0.2) is 9.38 Å². The Labute approximate surface area is 162 Å². The van der Waals surface area contributed by atoms with Crippen molar-refractivity contribution >= 4 is 27.8 Å². The summed E-state index contributed by atoms with van der Waals surface area (Å²) in [5, 5.41) is 9.34. The number of nitrogens with zero attached hydrogens (tertiary/aromatic N) is 2. The van der Waals surface area contributed by atoms with E-state index < -0.39 is 0 Å². The third kappa shape index (κ3) is 6.57. The van der Waals surface area contributed by atoms with Crippen molar-refractivity contribution in [2.24, 2.45) is 4.99 Å². The van der Waals surface area contributed by atoms with Crippen LogP contribution in [0, 0.1) is 5.82 Å². The van der Waals surface area contributed by atoms with Gasteiger partial charge in [-0.15, -0.1) is 0 Å². The van der Waals surface area contributed by atoms with Crippen LogP contribution >= 0.6 is 15.9 Å². The summed E-state index contributed by atoms with van der Waals surface area (Å²) in [5.74, 6) is 0.507. The van der Waals surface area contributed by atoms with Crippen LogP contribution in [0.1, 0.15) is 25.3 Å². The van der Waals surface area contributed by atoms with Crippen LogP contribution in [-0.2, 0) is 11.3 Å². The molecule has 0 atom stereocenters. The van der Waals surface area contributed by atoms with Gasteiger partial charge >= 0.3 is 0 Å². The van der Waals surface area contributed by atoms with Gasteiger partial charge in [-0.2, -0.15) is 0 Å². The van der Waals surface area contributed by atoms with Crippen molar-refractivity contribution in [2.75, 3.05) is 33.2 Å². The van der Waals surface area contributed by atoms with Crippen LogP contribution in [0.15, 0.2) is 27.7 Å². The summed E-state index contributed by atoms with van der Waals surface area (Å²) in [5.41, 5.74) is 0.823. The number of carbonyl (C=O) groups excluding carboxylic acids is 1. The molecule has 0 saturated carbocycles. The summed E-state index contributed by atoms with van der Waals surface area (Å²) >= 11 is 3.16. The van der Waals surface area contributed by atoms with Crippen molar-refractivity contribution in [3.8, 4) is 0 Å². The average molecular weight is 428 g/mol. The Balaban J connectivity index is 1.87. The van der Waals surface area contributed by atoms with Gasteiger partial charge in [0.15, 0.2) is 5.96 Å². The van der Waals surface area contributed by atoms with Gasteiger partial charge in [0.05, 0.1) is 17.6 Å². The number of guanidine groups is 1. The zero-order chi connectivity index (χ0) is 18.9. The first kappa shape index (κ1) is 20.6. The first-order valence-electron chi connectivity index (χ1n) is 8.93. The quantitative estimate of drug-likeness (QED) is 0.478. The van der Waals surface area contributed by atoms with Gasteiger partial charge in [0.25, 0.3) is 0 Å². The standard InChI is InChI=1S/C18H27BrFN5O/c1-3-22-18(23-11-13-4-5-15(19)16(20)10-13)24-14-6-8-25(9-7-14)12-17(26)21-2/h4-5,10,14H,3,6-9,11-12H2,1-2H3,(H,21,26)(H2,22,23,24). The predicted octanol–water partition coefficient (Wildman–Crippen LogP) is 1.85. The second-order valence-electron chi connectivity index (χ2n) is 6.31. The Morgan fingerprint density at radius 2 is 2.12 bits per heavy atom. The predicted molar refractivity (Wildman–Crippen MR) is 106 cm³/mol. The van der Waals surface area contributed by atoms with Crippen LogP contribution in [-0.4, -0.2) is 56.0 Å². The highest BCUT2D eigenvalue weighted by molar-refractivity contribution is 9.10. The minimum atomic E-state index is -0.279.